The highest BCUT2D eigenvalue weighted by atomic mass is 19.4. The summed E-state index contributed by atoms with van der Waals surface area (Å²) in [6.45, 7) is 9.43. The maximum atomic E-state index is 15.4. The number of rotatable bonds is 7. The highest BCUT2D eigenvalue weighted by Gasteiger charge is 2.51. The number of carbonyl (C=O) groups excluding carboxylic acids is 6. The Kier molecular flexibility index (Phi) is 11.8. The smallest absolute Gasteiger partial charge is 0.420 e. The molecule has 1 atom stereocenters. The molecule has 5 aliphatic heterocycles. The van der Waals surface area contributed by atoms with Gasteiger partial charge in [-0.15, -0.1) is 0 Å². The first-order valence-electron chi connectivity index (χ1n) is 21.1. The Hall–Kier alpha value is -7.05. The average Bonchev–Trinajstić information content (AvgIpc) is 3.63. The van der Waals surface area contributed by atoms with Crippen LogP contribution in [0.1, 0.15) is 89.8 Å². The number of benzene rings is 3. The van der Waals surface area contributed by atoms with Crippen molar-refractivity contribution in [2.24, 2.45) is 5.92 Å². The maximum Gasteiger partial charge on any atom is 0.420 e. The Bertz CT molecular complexity index is 2630. The first kappa shape index (κ1) is 44.6. The van der Waals surface area contributed by atoms with Crippen LogP contribution in [-0.4, -0.2) is 101 Å². The molecular formula is C47H43F4N7O7. The van der Waals surface area contributed by atoms with Gasteiger partial charge in [0.25, 0.3) is 23.6 Å². The van der Waals surface area contributed by atoms with E-state index in [-0.39, 0.29) is 60.0 Å². The third-order valence-corrected chi connectivity index (χ3v) is 12.8. The zero-order valence-corrected chi connectivity index (χ0v) is 35.5. The van der Waals surface area contributed by atoms with Crippen LogP contribution < -0.4 is 19.9 Å². The molecule has 3 aromatic rings. The van der Waals surface area contributed by atoms with Crippen LogP contribution in [0.4, 0.5) is 28.9 Å². The Morgan fingerprint density at radius 1 is 0.923 bits per heavy atom. The van der Waals surface area contributed by atoms with Crippen molar-refractivity contribution in [3.8, 4) is 23.7 Å². The van der Waals surface area contributed by atoms with Gasteiger partial charge in [-0.05, 0) is 108 Å². The molecule has 1 unspecified atom stereocenters. The Morgan fingerprint density at radius 2 is 1.62 bits per heavy atom. The molecule has 1 N–H and O–H groups in total. The summed E-state index contributed by atoms with van der Waals surface area (Å²) in [6.07, 6.45) is -1.91. The first-order chi connectivity index (χ1) is 30.9. The molecule has 0 radical (unpaired) electrons. The number of piperidine rings is 3. The van der Waals surface area contributed by atoms with Crippen molar-refractivity contribution in [3.63, 3.8) is 0 Å². The van der Waals surface area contributed by atoms with Crippen molar-refractivity contribution in [2.45, 2.75) is 76.2 Å². The Labute approximate surface area is 371 Å². The second-order valence-electron chi connectivity index (χ2n) is 17.0. The number of ether oxygens (including phenoxy) is 1. The lowest BCUT2D eigenvalue weighted by Crippen LogP contribution is -2.54. The molecule has 65 heavy (non-hydrogen) atoms. The number of nitrogens with one attached hydrogen (secondary N) is 1. The fourth-order valence-corrected chi connectivity index (χ4v) is 9.34. The zero-order chi connectivity index (χ0) is 46.5. The number of hydrogen-bond donors (Lipinski definition) is 1. The zero-order valence-electron chi connectivity index (χ0n) is 35.5. The molecule has 8 rings (SSSR count). The number of alkyl halides is 3. The third kappa shape index (κ3) is 8.18. The second-order valence-corrected chi connectivity index (χ2v) is 17.0. The van der Waals surface area contributed by atoms with Crippen LogP contribution in [0.5, 0.6) is 5.75 Å². The number of amides is 6. The standard InChI is InChI=1S/C47H43F4N7O7/c1-27-56(34-14-11-30(25-52)40(41(34)48)47(49,50)51)45(64)46(2,3)58(27)32-12-9-28(10-13-32)7-8-29-17-21-54(22-18-29)31-19-23-55(24-20-31)38(60)26-65-36-6-4-5-33-39(36)44(63)57(43(33)62)35-15-16-37(59)53-42(35)61/h4-6,9-14,29,31,35H,1,15-24,26H2,2-3H3,(H,53,59,61). The highest BCUT2D eigenvalue weighted by molar-refractivity contribution is 6.24. The van der Waals surface area contributed by atoms with Gasteiger partial charge < -0.3 is 19.4 Å². The van der Waals surface area contributed by atoms with Crippen LogP contribution in [0.2, 0.25) is 0 Å². The third-order valence-electron chi connectivity index (χ3n) is 12.8. The minimum absolute atomic E-state index is 0.00274. The maximum absolute atomic E-state index is 15.4. The normalized spacial score (nSPS) is 20.7. The number of carbonyl (C=O) groups is 6. The van der Waals surface area contributed by atoms with Gasteiger partial charge in [0, 0.05) is 42.7 Å². The summed E-state index contributed by atoms with van der Waals surface area (Å²) in [5.74, 6) is 1.51. The van der Waals surface area contributed by atoms with Gasteiger partial charge in [-0.25, -0.2) is 4.39 Å². The largest absolute Gasteiger partial charge is 0.483 e. The fraction of sp³-hybridized carbons (Fsp3) is 0.383. The summed E-state index contributed by atoms with van der Waals surface area (Å²) in [5, 5.41) is 11.4. The van der Waals surface area contributed by atoms with E-state index in [0.29, 0.717) is 24.3 Å². The van der Waals surface area contributed by atoms with E-state index in [1.807, 2.05) is 0 Å². The molecule has 5 aliphatic rings. The molecule has 18 heteroatoms. The summed E-state index contributed by atoms with van der Waals surface area (Å²) in [4.78, 5) is 84.8. The topological polar surface area (TPSA) is 164 Å². The molecule has 4 saturated heterocycles. The van der Waals surface area contributed by atoms with E-state index >= 15 is 4.39 Å². The van der Waals surface area contributed by atoms with Crippen LogP contribution in [0.3, 0.4) is 0 Å². The van der Waals surface area contributed by atoms with E-state index in [0.717, 1.165) is 60.7 Å². The minimum atomic E-state index is -5.17. The van der Waals surface area contributed by atoms with Crippen LogP contribution in [-0.2, 0) is 25.4 Å². The van der Waals surface area contributed by atoms with Gasteiger partial charge in [0.05, 0.1) is 28.4 Å². The van der Waals surface area contributed by atoms with Gasteiger partial charge >= 0.3 is 6.18 Å². The van der Waals surface area contributed by atoms with E-state index in [1.165, 1.54) is 23.1 Å². The quantitative estimate of drug-likeness (QED) is 0.186. The highest BCUT2D eigenvalue weighted by Crippen LogP contribution is 2.44. The van der Waals surface area contributed by atoms with Crippen LogP contribution in [0, 0.1) is 34.9 Å². The van der Waals surface area contributed by atoms with Crippen molar-refractivity contribution < 1.29 is 51.1 Å². The molecular weight excluding hydrogens is 851 g/mol. The number of likely N-dealkylation sites (tertiary alicyclic amines) is 2. The Morgan fingerprint density at radius 3 is 2.26 bits per heavy atom. The van der Waals surface area contributed by atoms with Gasteiger partial charge in [0.1, 0.15) is 28.7 Å². The molecule has 0 spiro atoms. The summed E-state index contributed by atoms with van der Waals surface area (Å²) in [5.41, 5.74) is -3.40. The van der Waals surface area contributed by atoms with Crippen molar-refractivity contribution in [3.05, 3.63) is 101 Å². The molecule has 6 amide bonds. The van der Waals surface area contributed by atoms with Crippen molar-refractivity contribution in [2.75, 3.05) is 42.6 Å². The molecule has 0 aliphatic carbocycles. The van der Waals surface area contributed by atoms with Gasteiger partial charge in [-0.1, -0.05) is 24.5 Å². The SMILES string of the molecule is C=C1N(c2ccc(C#N)c(C(F)(F)F)c2F)C(=O)C(C)(C)N1c1ccc(C#CC2CCN(C3CCN(C(=O)COc4cccc5c4C(=O)N(C4CCC(=O)NC4=O)C5=O)CC3)CC2)cc1. The van der Waals surface area contributed by atoms with Gasteiger partial charge in [0.15, 0.2) is 12.4 Å². The molecule has 0 bridgehead atoms. The molecule has 336 valence electrons. The molecule has 0 saturated carbocycles. The molecule has 5 heterocycles. The predicted molar refractivity (Wildman–Crippen MR) is 225 cm³/mol. The number of nitriles is 1. The molecule has 4 fully saturated rings. The second kappa shape index (κ2) is 17.2. The van der Waals surface area contributed by atoms with Gasteiger partial charge in [-0.3, -0.25) is 43.9 Å². The summed E-state index contributed by atoms with van der Waals surface area (Å²) >= 11 is 0. The van der Waals surface area contributed by atoms with E-state index < -0.39 is 69.9 Å². The van der Waals surface area contributed by atoms with Gasteiger partial charge in [0.2, 0.25) is 11.8 Å². The number of halogens is 4. The van der Waals surface area contributed by atoms with Crippen LogP contribution >= 0.6 is 0 Å². The number of anilines is 2. The number of fused-ring (bicyclic) bond motifs is 1. The van der Waals surface area contributed by atoms with Crippen LogP contribution in [0.25, 0.3) is 0 Å². The molecule has 0 aromatic heterocycles. The molecule has 14 nitrogen and oxygen atoms in total. The summed E-state index contributed by atoms with van der Waals surface area (Å²) in [7, 11) is 0. The van der Waals surface area contributed by atoms with Crippen molar-refractivity contribution in [1.82, 2.24) is 20.0 Å². The lowest BCUT2D eigenvalue weighted by Gasteiger charge is -2.41. The predicted octanol–water partition coefficient (Wildman–Crippen LogP) is 5.35. The van der Waals surface area contributed by atoms with Crippen molar-refractivity contribution >= 4 is 46.8 Å². The minimum Gasteiger partial charge on any atom is -0.483 e. The monoisotopic (exact) mass is 893 g/mol. The number of hydrogen-bond acceptors (Lipinski definition) is 10. The summed E-state index contributed by atoms with van der Waals surface area (Å²) in [6, 6.07) is 13.8. The Balaban J connectivity index is 0.818. The van der Waals surface area contributed by atoms with E-state index in [1.54, 1.807) is 49.1 Å². The van der Waals surface area contributed by atoms with Gasteiger partial charge in [-0.2, -0.15) is 18.4 Å². The van der Waals surface area contributed by atoms with Crippen LogP contribution in [0.15, 0.2) is 67.0 Å². The molecule has 3 aromatic carbocycles. The lowest BCUT2D eigenvalue weighted by atomic mass is 9.93. The van der Waals surface area contributed by atoms with Crippen molar-refractivity contribution in [1.29, 1.82) is 5.26 Å². The van der Waals surface area contributed by atoms with E-state index in [4.69, 9.17) is 4.74 Å². The number of nitrogens with zero attached hydrogens (tertiary/aromatic N) is 6. The average molecular weight is 894 g/mol. The number of imide groups is 2. The fourth-order valence-electron chi connectivity index (χ4n) is 9.34. The first-order valence-corrected chi connectivity index (χ1v) is 21.1. The summed E-state index contributed by atoms with van der Waals surface area (Å²) < 4.78 is 62.6. The van der Waals surface area contributed by atoms with E-state index in [2.05, 4.69) is 28.6 Å². The van der Waals surface area contributed by atoms with E-state index in [9.17, 15) is 47.2 Å². The lowest BCUT2D eigenvalue weighted by molar-refractivity contribution is -0.140.